The van der Waals surface area contributed by atoms with Crippen LogP contribution in [0.25, 0.3) is 0 Å². The summed E-state index contributed by atoms with van der Waals surface area (Å²) in [5.74, 6) is -0.533. The number of piperidine rings is 1. The Morgan fingerprint density at radius 2 is 1.82 bits per heavy atom. The standard InChI is InChI=1S/C27H30N4O6.C2H6/c32-24-9-8-22(26(34)29-24)31-16-21-20(27(31)35)2-1-3-23(21)37-17-18-4-6-19(7-5-18)25(33)28-10-11-30-12-14-36-15-13-30;1-2/h1-7,22H,8-17H2,(H,28,33)(H,29,32,34);1-2H3. The van der Waals surface area contributed by atoms with Crippen molar-refractivity contribution in [3.8, 4) is 5.75 Å². The molecule has 2 fully saturated rings. The van der Waals surface area contributed by atoms with Gasteiger partial charge in [-0.1, -0.05) is 32.0 Å². The smallest absolute Gasteiger partial charge is 0.255 e. The van der Waals surface area contributed by atoms with Crippen LogP contribution in [0.4, 0.5) is 0 Å². The molecule has 10 nitrogen and oxygen atoms in total. The van der Waals surface area contributed by atoms with E-state index in [1.807, 2.05) is 26.0 Å². The number of morpholine rings is 1. The lowest BCUT2D eigenvalue weighted by Crippen LogP contribution is -2.52. The zero-order valence-corrected chi connectivity index (χ0v) is 22.5. The van der Waals surface area contributed by atoms with Gasteiger partial charge in [0, 0.05) is 49.3 Å². The number of nitrogens with one attached hydrogen (secondary N) is 2. The molecule has 1 unspecified atom stereocenters. The van der Waals surface area contributed by atoms with Gasteiger partial charge >= 0.3 is 0 Å². The highest BCUT2D eigenvalue weighted by Crippen LogP contribution is 2.33. The molecule has 3 heterocycles. The van der Waals surface area contributed by atoms with Crippen molar-refractivity contribution in [2.24, 2.45) is 0 Å². The molecule has 5 rings (SSSR count). The lowest BCUT2D eigenvalue weighted by atomic mass is 10.0. The van der Waals surface area contributed by atoms with E-state index < -0.39 is 11.9 Å². The van der Waals surface area contributed by atoms with E-state index in [4.69, 9.17) is 9.47 Å². The summed E-state index contributed by atoms with van der Waals surface area (Å²) in [7, 11) is 0. The molecule has 2 saturated heterocycles. The summed E-state index contributed by atoms with van der Waals surface area (Å²) in [6.45, 7) is 9.14. The molecule has 208 valence electrons. The molecule has 2 aromatic carbocycles. The third kappa shape index (κ3) is 6.82. The highest BCUT2D eigenvalue weighted by Gasteiger charge is 2.40. The maximum absolute atomic E-state index is 13.0. The van der Waals surface area contributed by atoms with Crippen LogP contribution in [0, 0.1) is 0 Å². The third-order valence-electron chi connectivity index (χ3n) is 6.97. The van der Waals surface area contributed by atoms with Crippen LogP contribution in [-0.4, -0.2) is 78.9 Å². The van der Waals surface area contributed by atoms with Crippen molar-refractivity contribution < 1.29 is 28.7 Å². The number of benzene rings is 2. The summed E-state index contributed by atoms with van der Waals surface area (Å²) >= 11 is 0. The van der Waals surface area contributed by atoms with E-state index in [1.54, 1.807) is 30.3 Å². The molecule has 10 heteroatoms. The van der Waals surface area contributed by atoms with E-state index >= 15 is 0 Å². The highest BCUT2D eigenvalue weighted by molar-refractivity contribution is 6.05. The van der Waals surface area contributed by atoms with Gasteiger partial charge < -0.3 is 19.7 Å². The second-order valence-corrected chi connectivity index (χ2v) is 9.38. The first kappa shape index (κ1) is 28.3. The van der Waals surface area contributed by atoms with Gasteiger partial charge in [-0.05, 0) is 36.2 Å². The lowest BCUT2D eigenvalue weighted by Gasteiger charge is -2.29. The Bertz CT molecular complexity index is 1190. The Balaban J connectivity index is 0.00000172. The number of amides is 4. The minimum Gasteiger partial charge on any atom is -0.489 e. The van der Waals surface area contributed by atoms with Crippen molar-refractivity contribution in [1.82, 2.24) is 20.4 Å². The van der Waals surface area contributed by atoms with Gasteiger partial charge in [-0.15, -0.1) is 0 Å². The molecule has 0 radical (unpaired) electrons. The van der Waals surface area contributed by atoms with E-state index in [0.29, 0.717) is 29.8 Å². The first-order chi connectivity index (χ1) is 19.0. The van der Waals surface area contributed by atoms with Crippen LogP contribution in [0.2, 0.25) is 0 Å². The highest BCUT2D eigenvalue weighted by atomic mass is 16.5. The summed E-state index contributed by atoms with van der Waals surface area (Å²) in [6.07, 6.45) is 0.523. The van der Waals surface area contributed by atoms with Crippen LogP contribution >= 0.6 is 0 Å². The second kappa shape index (κ2) is 13.3. The first-order valence-electron chi connectivity index (χ1n) is 13.6. The van der Waals surface area contributed by atoms with Crippen molar-refractivity contribution in [3.05, 3.63) is 64.7 Å². The van der Waals surface area contributed by atoms with E-state index in [2.05, 4.69) is 15.5 Å². The molecule has 1 atom stereocenters. The molecule has 3 aliphatic rings. The van der Waals surface area contributed by atoms with Gasteiger partial charge in [-0.2, -0.15) is 0 Å². The van der Waals surface area contributed by atoms with E-state index in [9.17, 15) is 19.2 Å². The van der Waals surface area contributed by atoms with Gasteiger partial charge in [0.1, 0.15) is 18.4 Å². The fourth-order valence-corrected chi connectivity index (χ4v) is 4.86. The van der Waals surface area contributed by atoms with Crippen molar-refractivity contribution >= 4 is 23.6 Å². The van der Waals surface area contributed by atoms with E-state index in [0.717, 1.165) is 44.0 Å². The van der Waals surface area contributed by atoms with Gasteiger partial charge in [0.15, 0.2) is 0 Å². The predicted molar refractivity (Wildman–Crippen MR) is 144 cm³/mol. The number of hydrogen-bond acceptors (Lipinski definition) is 7. The molecular formula is C29H36N4O6. The number of rotatable bonds is 8. The molecular weight excluding hydrogens is 500 g/mol. The number of fused-ring (bicyclic) bond motifs is 1. The lowest BCUT2D eigenvalue weighted by molar-refractivity contribution is -0.136. The molecule has 39 heavy (non-hydrogen) atoms. The number of nitrogens with zero attached hydrogens (tertiary/aromatic N) is 2. The van der Waals surface area contributed by atoms with Crippen LogP contribution in [0.1, 0.15) is 58.5 Å². The fraction of sp³-hybridized carbons (Fsp3) is 0.448. The molecule has 0 saturated carbocycles. The molecule has 0 aliphatic carbocycles. The molecule has 2 aromatic rings. The molecule has 0 aromatic heterocycles. The SMILES string of the molecule is CC.O=C1CCC(N2Cc3c(OCc4ccc(C(=O)NCCN5CCOCC5)cc4)cccc3C2=O)C(=O)N1. The Morgan fingerprint density at radius 3 is 2.54 bits per heavy atom. The zero-order chi connectivity index (χ0) is 27.8. The summed E-state index contributed by atoms with van der Waals surface area (Å²) in [5, 5.41) is 5.27. The summed E-state index contributed by atoms with van der Waals surface area (Å²) in [5.41, 5.74) is 2.70. The van der Waals surface area contributed by atoms with E-state index in [-0.39, 0.29) is 37.3 Å². The van der Waals surface area contributed by atoms with Crippen molar-refractivity contribution in [3.63, 3.8) is 0 Å². The number of carbonyl (C=O) groups is 4. The Morgan fingerprint density at radius 1 is 1.08 bits per heavy atom. The summed E-state index contributed by atoms with van der Waals surface area (Å²) < 4.78 is 11.4. The number of carbonyl (C=O) groups excluding carboxylic acids is 4. The number of imide groups is 1. The van der Waals surface area contributed by atoms with Crippen LogP contribution in [0.3, 0.4) is 0 Å². The van der Waals surface area contributed by atoms with Crippen LogP contribution < -0.4 is 15.4 Å². The third-order valence-corrected chi connectivity index (χ3v) is 6.97. The Labute approximate surface area is 228 Å². The molecule has 0 bridgehead atoms. The van der Waals surface area contributed by atoms with Gasteiger partial charge in [-0.3, -0.25) is 29.4 Å². The summed E-state index contributed by atoms with van der Waals surface area (Å²) in [4.78, 5) is 53.0. The van der Waals surface area contributed by atoms with Crippen LogP contribution in [0.15, 0.2) is 42.5 Å². The average molecular weight is 537 g/mol. The van der Waals surface area contributed by atoms with Crippen molar-refractivity contribution in [2.75, 3.05) is 39.4 Å². The van der Waals surface area contributed by atoms with Crippen LogP contribution in [-0.2, 0) is 27.5 Å². The average Bonchev–Trinajstić information content (AvgIpc) is 3.30. The monoisotopic (exact) mass is 536 g/mol. The number of hydrogen-bond donors (Lipinski definition) is 2. The number of ether oxygens (including phenoxy) is 2. The van der Waals surface area contributed by atoms with Gasteiger partial charge in [0.2, 0.25) is 11.8 Å². The maximum atomic E-state index is 13.0. The second-order valence-electron chi connectivity index (χ2n) is 9.38. The minimum absolute atomic E-state index is 0.117. The molecule has 4 amide bonds. The van der Waals surface area contributed by atoms with E-state index in [1.165, 1.54) is 4.90 Å². The quantitative estimate of drug-likeness (QED) is 0.497. The largest absolute Gasteiger partial charge is 0.489 e. The summed E-state index contributed by atoms with van der Waals surface area (Å²) in [6, 6.07) is 11.8. The Hall–Kier alpha value is -3.76. The zero-order valence-electron chi connectivity index (χ0n) is 22.5. The first-order valence-corrected chi connectivity index (χ1v) is 13.6. The van der Waals surface area contributed by atoms with Crippen molar-refractivity contribution in [2.45, 2.75) is 45.9 Å². The van der Waals surface area contributed by atoms with Crippen LogP contribution in [0.5, 0.6) is 5.75 Å². The van der Waals surface area contributed by atoms with Crippen molar-refractivity contribution in [1.29, 1.82) is 0 Å². The topological polar surface area (TPSA) is 117 Å². The normalized spacial score (nSPS) is 19.1. The van der Waals surface area contributed by atoms with Gasteiger partial charge in [0.05, 0.1) is 19.8 Å². The minimum atomic E-state index is -0.669. The predicted octanol–water partition coefficient (Wildman–Crippen LogP) is 2.11. The maximum Gasteiger partial charge on any atom is 0.255 e. The van der Waals surface area contributed by atoms with Gasteiger partial charge in [0.25, 0.3) is 11.8 Å². The molecule has 3 aliphatic heterocycles. The Kier molecular flexibility index (Phi) is 9.67. The molecule has 0 spiro atoms. The van der Waals surface area contributed by atoms with Gasteiger partial charge in [-0.25, -0.2) is 0 Å². The fourth-order valence-electron chi connectivity index (χ4n) is 4.86. The molecule has 2 N–H and O–H groups in total.